The molecule has 2 heterocycles. The van der Waals surface area contributed by atoms with Crippen LogP contribution in [-0.2, 0) is 6.54 Å². The van der Waals surface area contributed by atoms with Crippen molar-refractivity contribution in [2.24, 2.45) is 4.99 Å². The molecule has 0 radical (unpaired) electrons. The number of ether oxygens (including phenoxy) is 3. The minimum Gasteiger partial charge on any atom is -0.496 e. The highest BCUT2D eigenvalue weighted by Gasteiger charge is 2.21. The van der Waals surface area contributed by atoms with Crippen molar-refractivity contribution in [1.82, 2.24) is 15.2 Å². The standard InChI is InChI=1S/C21H29N5O3/c1-22-21(26-11-9-25(10-12-26)20-7-5-6-8-23-20)24-15-17-18(28-3)13-16(27-2)14-19(17)29-4/h5-8,13-14H,9-12,15H2,1-4H3,(H,22,24). The first-order chi connectivity index (χ1) is 14.2. The van der Waals surface area contributed by atoms with Crippen LogP contribution in [0.5, 0.6) is 17.2 Å². The number of piperazine rings is 1. The van der Waals surface area contributed by atoms with Crippen molar-refractivity contribution < 1.29 is 14.2 Å². The van der Waals surface area contributed by atoms with E-state index in [9.17, 15) is 0 Å². The van der Waals surface area contributed by atoms with Gasteiger partial charge in [0.15, 0.2) is 5.96 Å². The maximum absolute atomic E-state index is 5.54. The minimum atomic E-state index is 0.531. The Bertz CT molecular complexity index is 795. The fourth-order valence-electron chi connectivity index (χ4n) is 3.44. The van der Waals surface area contributed by atoms with E-state index in [1.165, 1.54) is 0 Å². The highest BCUT2D eigenvalue weighted by atomic mass is 16.5. The second-order valence-corrected chi connectivity index (χ2v) is 6.57. The summed E-state index contributed by atoms with van der Waals surface area (Å²) in [6.45, 7) is 4.06. The van der Waals surface area contributed by atoms with Gasteiger partial charge in [0.05, 0.1) is 33.4 Å². The first kappa shape index (κ1) is 20.6. The van der Waals surface area contributed by atoms with Crippen LogP contribution in [0, 0.1) is 0 Å². The molecule has 2 aromatic rings. The van der Waals surface area contributed by atoms with Gasteiger partial charge in [-0.2, -0.15) is 0 Å². The van der Waals surface area contributed by atoms with Crippen LogP contribution in [0.15, 0.2) is 41.5 Å². The van der Waals surface area contributed by atoms with Crippen LogP contribution < -0.4 is 24.4 Å². The summed E-state index contributed by atoms with van der Waals surface area (Å²) in [5.74, 6) is 3.99. The van der Waals surface area contributed by atoms with Crippen LogP contribution in [0.2, 0.25) is 0 Å². The zero-order valence-electron chi connectivity index (χ0n) is 17.5. The van der Waals surface area contributed by atoms with Gasteiger partial charge in [-0.05, 0) is 12.1 Å². The molecule has 0 atom stereocenters. The van der Waals surface area contributed by atoms with Crippen LogP contribution in [0.25, 0.3) is 0 Å². The predicted molar refractivity (Wildman–Crippen MR) is 114 cm³/mol. The lowest BCUT2D eigenvalue weighted by Crippen LogP contribution is -2.52. The van der Waals surface area contributed by atoms with Crippen LogP contribution in [0.1, 0.15) is 5.56 Å². The summed E-state index contributed by atoms with van der Waals surface area (Å²) in [6.07, 6.45) is 1.83. The number of methoxy groups -OCH3 is 3. The zero-order valence-corrected chi connectivity index (χ0v) is 17.5. The number of rotatable bonds is 6. The fraction of sp³-hybridized carbons (Fsp3) is 0.429. The Labute approximate surface area is 172 Å². The number of anilines is 1. The summed E-state index contributed by atoms with van der Waals surface area (Å²) in [5.41, 5.74) is 0.920. The molecule has 156 valence electrons. The molecule has 3 rings (SSSR count). The van der Waals surface area contributed by atoms with Crippen molar-refractivity contribution in [3.05, 3.63) is 42.1 Å². The van der Waals surface area contributed by atoms with Gasteiger partial charge >= 0.3 is 0 Å². The normalized spacial score (nSPS) is 14.6. The van der Waals surface area contributed by atoms with Crippen LogP contribution >= 0.6 is 0 Å². The summed E-state index contributed by atoms with van der Waals surface area (Å²) in [4.78, 5) is 13.4. The monoisotopic (exact) mass is 399 g/mol. The lowest BCUT2D eigenvalue weighted by atomic mass is 10.1. The number of guanidine groups is 1. The van der Waals surface area contributed by atoms with E-state index in [4.69, 9.17) is 14.2 Å². The molecule has 1 aromatic carbocycles. The number of benzene rings is 1. The lowest BCUT2D eigenvalue weighted by molar-refractivity contribution is 0.361. The Morgan fingerprint density at radius 2 is 1.72 bits per heavy atom. The predicted octanol–water partition coefficient (Wildman–Crippen LogP) is 2.00. The van der Waals surface area contributed by atoms with Gasteiger partial charge in [0, 0.05) is 51.6 Å². The molecule has 0 bridgehead atoms. The van der Waals surface area contributed by atoms with E-state index in [0.717, 1.165) is 43.5 Å². The summed E-state index contributed by atoms with van der Waals surface area (Å²) >= 11 is 0. The molecular weight excluding hydrogens is 370 g/mol. The molecule has 0 unspecified atom stereocenters. The molecule has 1 fully saturated rings. The Kier molecular flexibility index (Phi) is 6.99. The molecule has 8 heteroatoms. The first-order valence-corrected chi connectivity index (χ1v) is 9.60. The number of aliphatic imine (C=N–C) groups is 1. The average Bonchev–Trinajstić information content (AvgIpc) is 2.80. The molecule has 1 aliphatic rings. The maximum atomic E-state index is 5.54. The second-order valence-electron chi connectivity index (χ2n) is 6.57. The van der Waals surface area contributed by atoms with E-state index in [2.05, 4.69) is 25.1 Å². The summed E-state index contributed by atoms with van der Waals surface area (Å²) in [6, 6.07) is 9.71. The van der Waals surface area contributed by atoms with Gasteiger partial charge in [-0.15, -0.1) is 0 Å². The SMILES string of the molecule is CN=C(NCc1c(OC)cc(OC)cc1OC)N1CCN(c2ccccn2)CC1. The van der Waals surface area contributed by atoms with Gasteiger partial charge < -0.3 is 29.3 Å². The third-order valence-electron chi connectivity index (χ3n) is 5.00. The maximum Gasteiger partial charge on any atom is 0.194 e. The van der Waals surface area contributed by atoms with Crippen molar-refractivity contribution in [3.63, 3.8) is 0 Å². The van der Waals surface area contributed by atoms with Crippen molar-refractivity contribution in [1.29, 1.82) is 0 Å². The topological polar surface area (TPSA) is 71.5 Å². The minimum absolute atomic E-state index is 0.531. The van der Waals surface area contributed by atoms with E-state index in [0.29, 0.717) is 23.8 Å². The molecule has 0 spiro atoms. The van der Waals surface area contributed by atoms with E-state index >= 15 is 0 Å². The Morgan fingerprint density at radius 3 is 2.24 bits per heavy atom. The highest BCUT2D eigenvalue weighted by molar-refractivity contribution is 5.80. The molecule has 0 aliphatic carbocycles. The number of nitrogens with zero attached hydrogens (tertiary/aromatic N) is 4. The highest BCUT2D eigenvalue weighted by Crippen LogP contribution is 2.33. The van der Waals surface area contributed by atoms with Crippen molar-refractivity contribution in [3.8, 4) is 17.2 Å². The number of pyridine rings is 1. The van der Waals surface area contributed by atoms with Gasteiger partial charge in [-0.3, -0.25) is 4.99 Å². The van der Waals surface area contributed by atoms with Gasteiger partial charge in [-0.25, -0.2) is 4.98 Å². The number of aromatic nitrogens is 1. The second kappa shape index (κ2) is 9.86. The summed E-state index contributed by atoms with van der Waals surface area (Å²) < 4.78 is 16.4. The third kappa shape index (κ3) is 4.82. The molecule has 1 aromatic heterocycles. The molecule has 8 nitrogen and oxygen atoms in total. The molecule has 1 aliphatic heterocycles. The van der Waals surface area contributed by atoms with Crippen LogP contribution in [0.4, 0.5) is 5.82 Å². The molecule has 1 saturated heterocycles. The van der Waals surface area contributed by atoms with Gasteiger partial charge in [0.2, 0.25) is 0 Å². The molecule has 0 saturated carbocycles. The van der Waals surface area contributed by atoms with Crippen LogP contribution in [0.3, 0.4) is 0 Å². The zero-order chi connectivity index (χ0) is 20.6. The number of hydrogen-bond donors (Lipinski definition) is 1. The fourth-order valence-corrected chi connectivity index (χ4v) is 3.44. The first-order valence-electron chi connectivity index (χ1n) is 9.60. The van der Waals surface area contributed by atoms with E-state index in [-0.39, 0.29) is 0 Å². The van der Waals surface area contributed by atoms with E-state index in [1.807, 2.05) is 36.5 Å². The summed E-state index contributed by atoms with van der Waals surface area (Å²) in [7, 11) is 6.71. The van der Waals surface area contributed by atoms with Crippen LogP contribution in [-0.4, -0.2) is 70.4 Å². The Morgan fingerprint density at radius 1 is 1.03 bits per heavy atom. The van der Waals surface area contributed by atoms with Crippen molar-refractivity contribution >= 4 is 11.8 Å². The smallest absolute Gasteiger partial charge is 0.194 e. The molecule has 1 N–H and O–H groups in total. The Hall–Kier alpha value is -3.16. The Balaban J connectivity index is 1.65. The van der Waals surface area contributed by atoms with Gasteiger partial charge in [-0.1, -0.05) is 6.07 Å². The van der Waals surface area contributed by atoms with E-state index in [1.54, 1.807) is 28.4 Å². The average molecular weight is 399 g/mol. The van der Waals surface area contributed by atoms with Crippen molar-refractivity contribution in [2.75, 3.05) is 59.5 Å². The quantitative estimate of drug-likeness (QED) is 0.588. The van der Waals surface area contributed by atoms with E-state index < -0.39 is 0 Å². The molecule has 29 heavy (non-hydrogen) atoms. The lowest BCUT2D eigenvalue weighted by Gasteiger charge is -2.37. The van der Waals surface area contributed by atoms with Crippen molar-refractivity contribution in [2.45, 2.75) is 6.54 Å². The van der Waals surface area contributed by atoms with Gasteiger partial charge in [0.25, 0.3) is 0 Å². The van der Waals surface area contributed by atoms with Gasteiger partial charge in [0.1, 0.15) is 23.1 Å². The summed E-state index contributed by atoms with van der Waals surface area (Å²) in [5, 5.41) is 3.44. The number of nitrogens with one attached hydrogen (secondary N) is 1. The largest absolute Gasteiger partial charge is 0.496 e. The molecule has 0 amide bonds. The molecular formula is C21H29N5O3. The number of hydrogen-bond acceptors (Lipinski definition) is 6. The third-order valence-corrected chi connectivity index (χ3v) is 5.00.